The number of piperidine rings is 1. The first-order chi connectivity index (χ1) is 16.0. The number of nitro groups is 1. The molecule has 170 valence electrons. The van der Waals surface area contributed by atoms with Gasteiger partial charge in [-0.15, -0.1) is 0 Å². The van der Waals surface area contributed by atoms with Gasteiger partial charge >= 0.3 is 5.69 Å². The Morgan fingerprint density at radius 1 is 1.09 bits per heavy atom. The highest BCUT2D eigenvalue weighted by Gasteiger charge is 2.30. The van der Waals surface area contributed by atoms with E-state index in [1.165, 1.54) is 30.1 Å². The molecule has 0 unspecified atom stereocenters. The summed E-state index contributed by atoms with van der Waals surface area (Å²) < 4.78 is 13.8. The molecule has 0 radical (unpaired) electrons. The van der Waals surface area contributed by atoms with Crippen molar-refractivity contribution in [2.75, 3.05) is 23.4 Å². The van der Waals surface area contributed by atoms with Gasteiger partial charge in [0, 0.05) is 13.1 Å². The Bertz CT molecular complexity index is 1140. The fourth-order valence-electron chi connectivity index (χ4n) is 3.99. The minimum Gasteiger partial charge on any atom is -0.351 e. The molecule has 2 heterocycles. The quantitative estimate of drug-likeness (QED) is 0.416. The number of hydrogen-bond acceptors (Lipinski definition) is 7. The van der Waals surface area contributed by atoms with Crippen LogP contribution in [-0.2, 0) is 6.42 Å². The average molecular weight is 450 g/mol. The predicted molar refractivity (Wildman–Crippen MR) is 121 cm³/mol. The first kappa shape index (κ1) is 22.1. The molecular weight excluding hydrogens is 427 g/mol. The first-order valence-corrected chi connectivity index (χ1v) is 10.6. The Morgan fingerprint density at radius 2 is 1.79 bits per heavy atom. The van der Waals surface area contributed by atoms with E-state index in [2.05, 4.69) is 33.0 Å². The highest BCUT2D eigenvalue weighted by atomic mass is 19.1. The van der Waals surface area contributed by atoms with Crippen LogP contribution in [0.1, 0.15) is 28.8 Å². The molecule has 0 atom stereocenters. The van der Waals surface area contributed by atoms with Crippen molar-refractivity contribution in [3.05, 3.63) is 88.0 Å². The van der Waals surface area contributed by atoms with Crippen LogP contribution >= 0.6 is 0 Å². The number of rotatable bonds is 7. The number of benzene rings is 2. The van der Waals surface area contributed by atoms with Crippen LogP contribution in [0.15, 0.2) is 60.9 Å². The molecule has 1 fully saturated rings. The summed E-state index contributed by atoms with van der Waals surface area (Å²) in [5, 5.41) is 11.8. The van der Waals surface area contributed by atoms with Crippen molar-refractivity contribution in [1.29, 1.82) is 0 Å². The number of carbonyl (C=O) groups is 1. The second kappa shape index (κ2) is 10.0. The third-order valence-corrected chi connectivity index (χ3v) is 5.68. The number of nitrogens with zero attached hydrogens (tertiary/aromatic N) is 4. The van der Waals surface area contributed by atoms with E-state index < -0.39 is 16.6 Å². The van der Waals surface area contributed by atoms with E-state index in [4.69, 9.17) is 0 Å². The highest BCUT2D eigenvalue weighted by molar-refractivity contribution is 5.95. The van der Waals surface area contributed by atoms with E-state index in [-0.39, 0.29) is 22.9 Å². The van der Waals surface area contributed by atoms with Gasteiger partial charge in [0.2, 0.25) is 11.6 Å². The lowest BCUT2D eigenvalue weighted by atomic mass is 9.90. The van der Waals surface area contributed by atoms with E-state index in [1.807, 2.05) is 23.1 Å². The number of carbonyl (C=O) groups excluding carboxylic acids is 1. The average Bonchev–Trinajstić information content (AvgIpc) is 2.83. The van der Waals surface area contributed by atoms with Gasteiger partial charge in [-0.2, -0.15) is 0 Å². The standard InChI is InChI=1S/C23H23FN6O3/c24-19-9-5-4-8-18(19)23(31)28-27-21-20(30(32)33)22(26-15-25-21)29-12-10-17(11-13-29)14-16-6-2-1-3-7-16/h1-9,15,17H,10-14H2,(H,28,31)(H,25,26,27). The smallest absolute Gasteiger partial charge is 0.351 e. The van der Waals surface area contributed by atoms with Gasteiger partial charge in [0.05, 0.1) is 10.5 Å². The Labute approximate surface area is 189 Å². The van der Waals surface area contributed by atoms with Gasteiger partial charge < -0.3 is 4.90 Å². The monoisotopic (exact) mass is 450 g/mol. The molecular formula is C23H23FN6O3. The van der Waals surface area contributed by atoms with Crippen LogP contribution in [0.5, 0.6) is 0 Å². The minimum atomic E-state index is -0.774. The summed E-state index contributed by atoms with van der Waals surface area (Å²) in [5.74, 6) is -0.962. The molecule has 3 aromatic rings. The van der Waals surface area contributed by atoms with Crippen molar-refractivity contribution >= 4 is 23.2 Å². The van der Waals surface area contributed by atoms with E-state index in [9.17, 15) is 19.3 Å². The van der Waals surface area contributed by atoms with Crippen LogP contribution in [0.25, 0.3) is 0 Å². The van der Waals surface area contributed by atoms with Crippen LogP contribution in [0.4, 0.5) is 21.7 Å². The van der Waals surface area contributed by atoms with Crippen LogP contribution in [-0.4, -0.2) is 33.9 Å². The zero-order chi connectivity index (χ0) is 23.2. The summed E-state index contributed by atoms with van der Waals surface area (Å²) in [7, 11) is 0. The van der Waals surface area contributed by atoms with Gasteiger partial charge in [-0.3, -0.25) is 25.8 Å². The second-order valence-electron chi connectivity index (χ2n) is 7.83. The van der Waals surface area contributed by atoms with Crippen molar-refractivity contribution in [2.24, 2.45) is 5.92 Å². The molecule has 0 aliphatic carbocycles. The fourth-order valence-corrected chi connectivity index (χ4v) is 3.99. The van der Waals surface area contributed by atoms with Crippen LogP contribution in [0.3, 0.4) is 0 Å². The fraction of sp³-hybridized carbons (Fsp3) is 0.261. The SMILES string of the molecule is O=C(NNc1ncnc(N2CCC(Cc3ccccc3)CC2)c1[N+](=O)[O-])c1ccccc1F. The molecule has 1 aliphatic heterocycles. The summed E-state index contributed by atoms with van der Waals surface area (Å²) in [5.41, 5.74) is 5.48. The zero-order valence-corrected chi connectivity index (χ0v) is 17.8. The van der Waals surface area contributed by atoms with Gasteiger partial charge in [0.25, 0.3) is 5.91 Å². The maximum Gasteiger partial charge on any atom is 0.355 e. The van der Waals surface area contributed by atoms with Crippen molar-refractivity contribution in [3.8, 4) is 0 Å². The summed E-state index contributed by atoms with van der Waals surface area (Å²) in [6, 6.07) is 15.7. The molecule has 0 spiro atoms. The lowest BCUT2D eigenvalue weighted by Crippen LogP contribution is -2.36. The number of amides is 1. The molecule has 1 aliphatic rings. The molecule has 2 aromatic carbocycles. The largest absolute Gasteiger partial charge is 0.355 e. The zero-order valence-electron chi connectivity index (χ0n) is 17.8. The van der Waals surface area contributed by atoms with E-state index in [0.29, 0.717) is 19.0 Å². The molecule has 0 saturated carbocycles. The summed E-state index contributed by atoms with van der Waals surface area (Å²) in [6.07, 6.45) is 3.93. The number of aromatic nitrogens is 2. The van der Waals surface area contributed by atoms with Gasteiger partial charge in [-0.25, -0.2) is 14.4 Å². The highest BCUT2D eigenvalue weighted by Crippen LogP contribution is 2.34. The van der Waals surface area contributed by atoms with E-state index >= 15 is 0 Å². The molecule has 9 nitrogen and oxygen atoms in total. The first-order valence-electron chi connectivity index (χ1n) is 10.6. The number of hydrazine groups is 1. The molecule has 0 bridgehead atoms. The van der Waals surface area contributed by atoms with Gasteiger partial charge in [-0.1, -0.05) is 42.5 Å². The molecule has 33 heavy (non-hydrogen) atoms. The van der Waals surface area contributed by atoms with Crippen molar-refractivity contribution < 1.29 is 14.1 Å². The third-order valence-electron chi connectivity index (χ3n) is 5.68. The number of anilines is 2. The van der Waals surface area contributed by atoms with Gasteiger partial charge in [0.1, 0.15) is 12.1 Å². The van der Waals surface area contributed by atoms with E-state index in [0.717, 1.165) is 25.3 Å². The normalized spacial score (nSPS) is 14.0. The van der Waals surface area contributed by atoms with E-state index in [1.54, 1.807) is 0 Å². The van der Waals surface area contributed by atoms with Crippen molar-refractivity contribution in [3.63, 3.8) is 0 Å². The molecule has 2 N–H and O–H groups in total. The van der Waals surface area contributed by atoms with Gasteiger partial charge in [-0.05, 0) is 42.9 Å². The Kier molecular flexibility index (Phi) is 6.72. The van der Waals surface area contributed by atoms with Crippen LogP contribution in [0.2, 0.25) is 0 Å². The van der Waals surface area contributed by atoms with Crippen molar-refractivity contribution in [1.82, 2.24) is 15.4 Å². The minimum absolute atomic E-state index is 0.166. The lowest BCUT2D eigenvalue weighted by molar-refractivity contribution is -0.383. The molecule has 1 amide bonds. The van der Waals surface area contributed by atoms with Crippen LogP contribution in [0, 0.1) is 21.8 Å². The lowest BCUT2D eigenvalue weighted by Gasteiger charge is -2.32. The maximum atomic E-state index is 13.8. The maximum absolute atomic E-state index is 13.8. The Hall–Kier alpha value is -4.08. The summed E-state index contributed by atoms with van der Waals surface area (Å²) in [6.45, 7) is 1.24. The number of nitrogens with one attached hydrogen (secondary N) is 2. The van der Waals surface area contributed by atoms with Crippen LogP contribution < -0.4 is 15.8 Å². The summed E-state index contributed by atoms with van der Waals surface area (Å²) in [4.78, 5) is 33.5. The molecule has 1 saturated heterocycles. The topological polar surface area (TPSA) is 113 Å². The molecule has 10 heteroatoms. The Balaban J connectivity index is 1.45. The molecule has 4 rings (SSSR count). The second-order valence-corrected chi connectivity index (χ2v) is 7.83. The third kappa shape index (κ3) is 5.22. The predicted octanol–water partition coefficient (Wildman–Crippen LogP) is 3.74. The summed E-state index contributed by atoms with van der Waals surface area (Å²) >= 11 is 0. The van der Waals surface area contributed by atoms with Gasteiger partial charge in [0.15, 0.2) is 0 Å². The molecule has 1 aromatic heterocycles. The van der Waals surface area contributed by atoms with Crippen molar-refractivity contribution in [2.45, 2.75) is 19.3 Å². The number of hydrogen-bond donors (Lipinski definition) is 2. The number of halogens is 1. The Morgan fingerprint density at radius 3 is 2.48 bits per heavy atom.